The summed E-state index contributed by atoms with van der Waals surface area (Å²) in [5, 5.41) is 3.84. The zero-order chi connectivity index (χ0) is 17.3. The summed E-state index contributed by atoms with van der Waals surface area (Å²) >= 11 is 12.1. The average molecular weight is 366 g/mol. The Morgan fingerprint density at radius 1 is 1.38 bits per heavy atom. The second-order valence-electron chi connectivity index (χ2n) is 5.16. The predicted molar refractivity (Wildman–Crippen MR) is 91.9 cm³/mol. The number of hydrogen-bond acceptors (Lipinski definition) is 4. The Morgan fingerprint density at radius 2 is 2.17 bits per heavy atom. The van der Waals surface area contributed by atoms with Crippen LogP contribution < -0.4 is 10.9 Å². The summed E-state index contributed by atoms with van der Waals surface area (Å²) in [5.41, 5.74) is 0.744. The quantitative estimate of drug-likeness (QED) is 0.743. The van der Waals surface area contributed by atoms with E-state index >= 15 is 0 Å². The number of furan rings is 1. The van der Waals surface area contributed by atoms with Crippen LogP contribution in [0.5, 0.6) is 0 Å². The number of aryl methyl sites for hydroxylation is 1. The fraction of sp³-hybridized carbons (Fsp3) is 0.188. The fourth-order valence-corrected chi connectivity index (χ4v) is 2.88. The first-order valence-corrected chi connectivity index (χ1v) is 7.92. The zero-order valence-corrected chi connectivity index (χ0v) is 14.2. The molecule has 0 bridgehead atoms. The van der Waals surface area contributed by atoms with Crippen LogP contribution in [0.2, 0.25) is 10.0 Å². The second kappa shape index (κ2) is 6.67. The molecule has 124 valence electrons. The topological polar surface area (TPSA) is 88.0 Å². The molecule has 0 atom stereocenters. The number of carbonyl (C=O) groups excluding carboxylic acids is 1. The summed E-state index contributed by atoms with van der Waals surface area (Å²) in [4.78, 5) is 30.7. The molecule has 1 aromatic carbocycles. The van der Waals surface area contributed by atoms with Crippen LogP contribution in [0.15, 0.2) is 33.7 Å². The summed E-state index contributed by atoms with van der Waals surface area (Å²) in [7, 11) is 0. The van der Waals surface area contributed by atoms with Crippen LogP contribution in [0.4, 0.5) is 0 Å². The molecule has 0 aliphatic rings. The van der Waals surface area contributed by atoms with E-state index in [0.717, 1.165) is 5.56 Å². The van der Waals surface area contributed by atoms with Crippen molar-refractivity contribution in [2.24, 2.45) is 0 Å². The molecule has 6 nitrogen and oxygen atoms in total. The van der Waals surface area contributed by atoms with E-state index in [1.165, 1.54) is 6.33 Å². The number of fused-ring (bicyclic) bond motifs is 1. The normalized spacial score (nSPS) is 11.0. The molecule has 0 fully saturated rings. The maximum atomic E-state index is 12.4. The van der Waals surface area contributed by atoms with Gasteiger partial charge < -0.3 is 14.7 Å². The van der Waals surface area contributed by atoms with Gasteiger partial charge in [0.1, 0.15) is 11.1 Å². The fourth-order valence-electron chi connectivity index (χ4n) is 2.47. The highest BCUT2D eigenvalue weighted by Gasteiger charge is 2.21. The molecule has 1 amide bonds. The van der Waals surface area contributed by atoms with E-state index in [9.17, 15) is 9.59 Å². The Kier molecular flexibility index (Phi) is 4.59. The van der Waals surface area contributed by atoms with Crippen molar-refractivity contribution in [2.75, 3.05) is 6.54 Å². The minimum atomic E-state index is -0.417. The lowest BCUT2D eigenvalue weighted by Gasteiger charge is -2.07. The van der Waals surface area contributed by atoms with Crippen LogP contribution in [-0.2, 0) is 6.42 Å². The number of nitrogens with one attached hydrogen (secondary N) is 2. The van der Waals surface area contributed by atoms with Gasteiger partial charge in [-0.3, -0.25) is 9.59 Å². The smallest absolute Gasteiger partial charge is 0.262 e. The number of benzene rings is 1. The molecule has 0 saturated heterocycles. The number of rotatable bonds is 4. The van der Waals surface area contributed by atoms with Gasteiger partial charge in [-0.25, -0.2) is 4.98 Å². The molecular formula is C16H13Cl2N3O3. The maximum Gasteiger partial charge on any atom is 0.262 e. The monoisotopic (exact) mass is 365 g/mol. The number of aromatic nitrogens is 2. The minimum absolute atomic E-state index is 0.138. The predicted octanol–water partition coefficient (Wildman–Crippen LogP) is 3.10. The number of hydrogen-bond donors (Lipinski definition) is 2. The van der Waals surface area contributed by atoms with Crippen molar-refractivity contribution in [3.63, 3.8) is 0 Å². The Bertz CT molecular complexity index is 978. The number of amides is 1. The van der Waals surface area contributed by atoms with Crippen LogP contribution in [0.25, 0.3) is 11.1 Å². The van der Waals surface area contributed by atoms with E-state index in [4.69, 9.17) is 27.6 Å². The summed E-state index contributed by atoms with van der Waals surface area (Å²) in [5.74, 6) is -0.0598. The highest BCUT2D eigenvalue weighted by Crippen LogP contribution is 2.25. The molecule has 0 aliphatic heterocycles. The van der Waals surface area contributed by atoms with Crippen LogP contribution in [0.3, 0.4) is 0 Å². The van der Waals surface area contributed by atoms with Crippen molar-refractivity contribution in [1.82, 2.24) is 15.3 Å². The number of aromatic amines is 1. The first-order chi connectivity index (χ1) is 11.5. The summed E-state index contributed by atoms with van der Waals surface area (Å²) in [6, 6.07) is 5.34. The molecule has 0 unspecified atom stereocenters. The van der Waals surface area contributed by atoms with E-state index < -0.39 is 11.5 Å². The maximum absolute atomic E-state index is 12.4. The molecule has 3 aromatic rings. The van der Waals surface area contributed by atoms with Crippen molar-refractivity contribution in [3.8, 4) is 0 Å². The summed E-state index contributed by atoms with van der Waals surface area (Å²) in [6.07, 6.45) is 1.74. The number of halogens is 2. The molecule has 0 radical (unpaired) electrons. The summed E-state index contributed by atoms with van der Waals surface area (Å²) in [6.45, 7) is 1.95. The Hall–Kier alpha value is -2.31. The molecule has 3 rings (SSSR count). The van der Waals surface area contributed by atoms with Gasteiger partial charge in [-0.15, -0.1) is 0 Å². The van der Waals surface area contributed by atoms with Gasteiger partial charge in [0.15, 0.2) is 0 Å². The van der Waals surface area contributed by atoms with Crippen molar-refractivity contribution < 1.29 is 9.21 Å². The molecule has 8 heteroatoms. The standard InChI is InChI=1S/C16H13Cl2N3O3/c1-8-11(12-15(23)20-7-21-16(12)24-8)14(22)19-6-5-9-3-2-4-10(17)13(9)18/h2-4,7H,5-6H2,1H3,(H,19,22)(H,20,21,23). The Labute approximate surface area is 146 Å². The van der Waals surface area contributed by atoms with E-state index in [0.29, 0.717) is 28.8 Å². The lowest BCUT2D eigenvalue weighted by atomic mass is 10.1. The van der Waals surface area contributed by atoms with Crippen LogP contribution in [0, 0.1) is 6.92 Å². The average Bonchev–Trinajstić information content (AvgIpc) is 2.89. The van der Waals surface area contributed by atoms with Crippen molar-refractivity contribution in [2.45, 2.75) is 13.3 Å². The Balaban J connectivity index is 1.78. The first kappa shape index (κ1) is 16.5. The second-order valence-corrected chi connectivity index (χ2v) is 5.95. The zero-order valence-electron chi connectivity index (χ0n) is 12.7. The van der Waals surface area contributed by atoms with E-state index in [1.807, 2.05) is 6.07 Å². The highest BCUT2D eigenvalue weighted by molar-refractivity contribution is 6.42. The molecule has 2 aromatic heterocycles. The van der Waals surface area contributed by atoms with Crippen molar-refractivity contribution >= 4 is 40.2 Å². The molecule has 2 N–H and O–H groups in total. The van der Waals surface area contributed by atoms with Gasteiger partial charge in [0.2, 0.25) is 5.71 Å². The lowest BCUT2D eigenvalue weighted by Crippen LogP contribution is -2.27. The van der Waals surface area contributed by atoms with Gasteiger partial charge in [-0.1, -0.05) is 35.3 Å². The largest absolute Gasteiger partial charge is 0.442 e. The Morgan fingerprint density at radius 3 is 2.96 bits per heavy atom. The van der Waals surface area contributed by atoms with Gasteiger partial charge in [0, 0.05) is 6.54 Å². The molecule has 0 spiro atoms. The number of carbonyl (C=O) groups is 1. The van der Waals surface area contributed by atoms with Gasteiger partial charge in [-0.05, 0) is 25.0 Å². The SMILES string of the molecule is Cc1oc2nc[nH]c(=O)c2c1C(=O)NCCc1cccc(Cl)c1Cl. The molecule has 0 aliphatic carbocycles. The van der Waals surface area contributed by atoms with Crippen LogP contribution >= 0.6 is 23.2 Å². The van der Waals surface area contributed by atoms with Crippen molar-refractivity contribution in [3.05, 3.63) is 61.8 Å². The van der Waals surface area contributed by atoms with Gasteiger partial charge in [-0.2, -0.15) is 0 Å². The van der Waals surface area contributed by atoms with E-state index in [-0.39, 0.29) is 16.7 Å². The molecular weight excluding hydrogens is 353 g/mol. The van der Waals surface area contributed by atoms with E-state index in [2.05, 4.69) is 15.3 Å². The lowest BCUT2D eigenvalue weighted by molar-refractivity contribution is 0.0954. The third kappa shape index (κ3) is 3.02. The van der Waals surface area contributed by atoms with Gasteiger partial charge >= 0.3 is 0 Å². The van der Waals surface area contributed by atoms with E-state index in [1.54, 1.807) is 19.1 Å². The first-order valence-electron chi connectivity index (χ1n) is 7.17. The van der Waals surface area contributed by atoms with Crippen LogP contribution in [-0.4, -0.2) is 22.4 Å². The summed E-state index contributed by atoms with van der Waals surface area (Å²) < 4.78 is 5.37. The third-order valence-corrected chi connectivity index (χ3v) is 4.47. The number of H-pyrrole nitrogens is 1. The van der Waals surface area contributed by atoms with Crippen LogP contribution in [0.1, 0.15) is 21.7 Å². The van der Waals surface area contributed by atoms with Gasteiger partial charge in [0.25, 0.3) is 11.5 Å². The van der Waals surface area contributed by atoms with Crippen molar-refractivity contribution in [1.29, 1.82) is 0 Å². The molecule has 0 saturated carbocycles. The third-order valence-electron chi connectivity index (χ3n) is 3.61. The molecule has 24 heavy (non-hydrogen) atoms. The van der Waals surface area contributed by atoms with Gasteiger partial charge in [0.05, 0.1) is 21.9 Å². The minimum Gasteiger partial charge on any atom is -0.442 e. The molecule has 2 heterocycles. The highest BCUT2D eigenvalue weighted by atomic mass is 35.5. The number of nitrogens with zero attached hydrogens (tertiary/aromatic N) is 1.